The van der Waals surface area contributed by atoms with E-state index in [1.54, 1.807) is 44.6 Å². The number of ether oxygens (including phenoxy) is 5. The van der Waals surface area contributed by atoms with Crippen LogP contribution in [-0.2, 0) is 24.6 Å². The Bertz CT molecular complexity index is 2040. The molecule has 4 atom stereocenters. The third-order valence-corrected chi connectivity index (χ3v) is 9.71. The summed E-state index contributed by atoms with van der Waals surface area (Å²) in [4.78, 5) is 42.5. The number of carboxylic acids is 1. The Morgan fingerprint density at radius 3 is 2.00 bits per heavy atom. The standard InChI is InChI=1S/C40H37N3O9/c1-48-30-17-13-28(14-18-30)40(27-11-7-4-8-12-27,29-15-19-31(49-2)20-16-29)51-25-39-24-50-35(32(39)23-34(44)45)37(52-39)43-22-21-33(42-38(43)47)41-36(46)26-9-5-3-6-10-26/h3-22,32,35,37H,23-25H2,1-2H3,(H,44,45)(H,41,42,46,47)/t32?,35-,37+,39+/m0/s1. The molecule has 5 aromatic rings. The normalized spacial score (nSPS) is 20.7. The number of amides is 1. The number of anilines is 1. The van der Waals surface area contributed by atoms with Gasteiger partial charge >= 0.3 is 11.7 Å². The molecule has 1 unspecified atom stereocenters. The molecule has 2 fully saturated rings. The van der Waals surface area contributed by atoms with E-state index in [4.69, 9.17) is 23.7 Å². The lowest BCUT2D eigenvalue weighted by molar-refractivity contribution is -0.202. The van der Waals surface area contributed by atoms with Gasteiger partial charge in [0, 0.05) is 17.7 Å². The second kappa shape index (κ2) is 14.4. The van der Waals surface area contributed by atoms with Gasteiger partial charge in [0.15, 0.2) is 6.23 Å². The van der Waals surface area contributed by atoms with Gasteiger partial charge in [0.2, 0.25) is 0 Å². The number of carbonyl (C=O) groups is 2. The summed E-state index contributed by atoms with van der Waals surface area (Å²) in [5.41, 5.74) is -0.371. The van der Waals surface area contributed by atoms with E-state index in [0.29, 0.717) is 17.1 Å². The molecule has 2 bridgehead atoms. The number of methoxy groups -OCH3 is 2. The summed E-state index contributed by atoms with van der Waals surface area (Å²) < 4.78 is 32.2. The molecule has 1 aromatic heterocycles. The van der Waals surface area contributed by atoms with Gasteiger partial charge in [-0.25, -0.2) is 4.79 Å². The van der Waals surface area contributed by atoms with Crippen LogP contribution >= 0.6 is 0 Å². The number of hydrogen-bond donors (Lipinski definition) is 2. The number of nitrogens with zero attached hydrogens (tertiary/aromatic N) is 2. The highest BCUT2D eigenvalue weighted by Gasteiger charge is 2.63. The van der Waals surface area contributed by atoms with E-state index in [2.05, 4.69) is 10.3 Å². The third-order valence-electron chi connectivity index (χ3n) is 9.71. The maximum atomic E-state index is 13.4. The van der Waals surface area contributed by atoms with Crippen molar-refractivity contribution in [3.05, 3.63) is 154 Å². The molecular weight excluding hydrogens is 666 g/mol. The van der Waals surface area contributed by atoms with E-state index in [9.17, 15) is 19.5 Å². The van der Waals surface area contributed by atoms with Gasteiger partial charge in [-0.3, -0.25) is 14.2 Å². The van der Waals surface area contributed by atoms with E-state index in [-0.39, 0.29) is 25.5 Å². The predicted molar refractivity (Wildman–Crippen MR) is 189 cm³/mol. The number of hydrogen-bond acceptors (Lipinski definition) is 9. The zero-order valence-electron chi connectivity index (χ0n) is 28.5. The number of benzene rings is 4. The minimum atomic E-state index is -1.26. The van der Waals surface area contributed by atoms with Gasteiger partial charge in [-0.1, -0.05) is 72.8 Å². The average molecular weight is 704 g/mol. The summed E-state index contributed by atoms with van der Waals surface area (Å²) in [6.45, 7) is -0.0616. The summed E-state index contributed by atoms with van der Waals surface area (Å²) in [5, 5.41) is 12.7. The topological polar surface area (TPSA) is 147 Å². The van der Waals surface area contributed by atoms with Crippen LogP contribution in [0.15, 0.2) is 126 Å². The lowest BCUT2D eigenvalue weighted by Gasteiger charge is -2.40. The Balaban J connectivity index is 1.25. The summed E-state index contributed by atoms with van der Waals surface area (Å²) >= 11 is 0. The first-order valence-corrected chi connectivity index (χ1v) is 16.7. The number of aliphatic carboxylic acids is 1. The van der Waals surface area contributed by atoms with Crippen molar-refractivity contribution in [3.63, 3.8) is 0 Å². The van der Waals surface area contributed by atoms with E-state index >= 15 is 0 Å². The van der Waals surface area contributed by atoms with Crippen molar-refractivity contribution in [3.8, 4) is 11.5 Å². The fourth-order valence-electron chi connectivity index (χ4n) is 7.12. The molecule has 0 saturated carbocycles. The summed E-state index contributed by atoms with van der Waals surface area (Å²) in [5.74, 6) is -0.750. The van der Waals surface area contributed by atoms with Crippen LogP contribution in [0.3, 0.4) is 0 Å². The van der Waals surface area contributed by atoms with Crippen molar-refractivity contribution in [2.24, 2.45) is 5.92 Å². The van der Waals surface area contributed by atoms with Crippen molar-refractivity contribution >= 4 is 17.7 Å². The first-order chi connectivity index (χ1) is 25.3. The highest BCUT2D eigenvalue weighted by atomic mass is 16.6. The number of aromatic nitrogens is 2. The van der Waals surface area contributed by atoms with Crippen LogP contribution in [-0.4, -0.2) is 65.7 Å². The molecule has 2 N–H and O–H groups in total. The Hall–Kier alpha value is -5.82. The molecular formula is C40H37N3O9. The molecule has 12 heteroatoms. The lowest BCUT2D eigenvalue weighted by Crippen LogP contribution is -2.47. The fourth-order valence-corrected chi connectivity index (χ4v) is 7.12. The SMILES string of the molecule is COc1ccc(C(OC[C@]23CO[C@@H](C2CC(=O)O)[C@H](n2ccc(NC(=O)c4ccccc4)nc2=O)O3)(c2ccccc2)c2ccc(OC)cc2)cc1. The highest BCUT2D eigenvalue weighted by molar-refractivity contribution is 6.03. The van der Waals surface area contributed by atoms with E-state index in [1.807, 2.05) is 78.9 Å². The Morgan fingerprint density at radius 2 is 1.44 bits per heavy atom. The number of fused-ring (bicyclic) bond motifs is 2. The summed E-state index contributed by atoms with van der Waals surface area (Å²) in [6, 6.07) is 34.9. The Labute approximate surface area is 299 Å². The van der Waals surface area contributed by atoms with E-state index in [0.717, 1.165) is 16.7 Å². The van der Waals surface area contributed by atoms with Gasteiger partial charge < -0.3 is 34.1 Å². The molecule has 0 radical (unpaired) electrons. The molecule has 4 aromatic carbocycles. The number of carbonyl (C=O) groups excluding carboxylic acids is 1. The van der Waals surface area contributed by atoms with Gasteiger partial charge in [-0.2, -0.15) is 4.98 Å². The maximum absolute atomic E-state index is 13.4. The first-order valence-electron chi connectivity index (χ1n) is 16.7. The van der Waals surface area contributed by atoms with Crippen LogP contribution in [0, 0.1) is 5.92 Å². The van der Waals surface area contributed by atoms with Crippen molar-refractivity contribution in [1.82, 2.24) is 9.55 Å². The fraction of sp³-hybridized carbons (Fsp3) is 0.250. The van der Waals surface area contributed by atoms with Gasteiger partial charge in [0.05, 0.1) is 33.9 Å². The second-order valence-electron chi connectivity index (χ2n) is 12.7. The minimum Gasteiger partial charge on any atom is -0.497 e. The molecule has 2 saturated heterocycles. The molecule has 1 amide bonds. The zero-order chi connectivity index (χ0) is 36.3. The number of rotatable bonds is 13. The van der Waals surface area contributed by atoms with Gasteiger partial charge in [-0.05, 0) is 59.2 Å². The maximum Gasteiger partial charge on any atom is 0.351 e. The molecule has 3 heterocycles. The molecule has 2 aliphatic heterocycles. The van der Waals surface area contributed by atoms with Crippen LogP contribution in [0.2, 0.25) is 0 Å². The van der Waals surface area contributed by atoms with Crippen LogP contribution < -0.4 is 20.5 Å². The largest absolute Gasteiger partial charge is 0.497 e. The summed E-state index contributed by atoms with van der Waals surface area (Å²) in [7, 11) is 3.20. The van der Waals surface area contributed by atoms with Gasteiger partial charge in [0.25, 0.3) is 5.91 Å². The monoisotopic (exact) mass is 703 g/mol. The second-order valence-corrected chi connectivity index (χ2v) is 12.7. The van der Waals surface area contributed by atoms with Crippen LogP contribution in [0.5, 0.6) is 11.5 Å². The molecule has 12 nitrogen and oxygen atoms in total. The molecule has 266 valence electrons. The zero-order valence-corrected chi connectivity index (χ0v) is 28.5. The smallest absolute Gasteiger partial charge is 0.351 e. The average Bonchev–Trinajstić information content (AvgIpc) is 3.66. The van der Waals surface area contributed by atoms with Gasteiger partial charge in [0.1, 0.15) is 34.6 Å². The minimum absolute atomic E-state index is 0.0373. The first kappa shape index (κ1) is 34.6. The molecule has 52 heavy (non-hydrogen) atoms. The van der Waals surface area contributed by atoms with Crippen LogP contribution in [0.1, 0.15) is 39.7 Å². The Kier molecular flexibility index (Phi) is 9.61. The highest BCUT2D eigenvalue weighted by Crippen LogP contribution is 2.52. The molecule has 0 spiro atoms. The quantitative estimate of drug-likeness (QED) is 0.155. The predicted octanol–water partition coefficient (Wildman–Crippen LogP) is 5.28. The lowest BCUT2D eigenvalue weighted by atomic mass is 9.79. The molecule has 0 aliphatic carbocycles. The number of carboxylic acid groups (broad SMARTS) is 1. The molecule has 2 aliphatic rings. The van der Waals surface area contributed by atoms with Crippen molar-refractivity contribution < 1.29 is 38.4 Å². The van der Waals surface area contributed by atoms with Crippen molar-refractivity contribution in [2.75, 3.05) is 32.8 Å². The van der Waals surface area contributed by atoms with Gasteiger partial charge in [-0.15, -0.1) is 0 Å². The summed E-state index contributed by atoms with van der Waals surface area (Å²) in [6.07, 6.45) is -0.632. The van der Waals surface area contributed by atoms with E-state index < -0.39 is 47.0 Å². The van der Waals surface area contributed by atoms with Crippen molar-refractivity contribution in [2.45, 2.75) is 30.0 Å². The Morgan fingerprint density at radius 1 is 0.865 bits per heavy atom. The van der Waals surface area contributed by atoms with Crippen LogP contribution in [0.25, 0.3) is 0 Å². The van der Waals surface area contributed by atoms with E-state index in [1.165, 1.54) is 16.8 Å². The third kappa shape index (κ3) is 6.43. The molecule has 7 rings (SSSR count). The van der Waals surface area contributed by atoms with Crippen molar-refractivity contribution in [1.29, 1.82) is 0 Å². The van der Waals surface area contributed by atoms with Crippen LogP contribution in [0.4, 0.5) is 5.82 Å². The number of nitrogens with one attached hydrogen (secondary N) is 1.